The summed E-state index contributed by atoms with van der Waals surface area (Å²) in [5.74, 6) is -0.476. The number of unbranched alkanes of at least 4 members (excludes halogenated alkanes) is 1. The van der Waals surface area contributed by atoms with Gasteiger partial charge in [0.1, 0.15) is 41.2 Å². The van der Waals surface area contributed by atoms with Crippen LogP contribution in [0.15, 0.2) is 73.1 Å². The monoisotopic (exact) mass is 703 g/mol. The number of hydrogen-bond acceptors (Lipinski definition) is 11. The number of ether oxygens (including phenoxy) is 7. The number of carbonyl (C=O) groups excluding carboxylic acids is 2. The van der Waals surface area contributed by atoms with Crippen LogP contribution in [0, 0.1) is 5.92 Å². The Bertz CT molecular complexity index is 1620. The van der Waals surface area contributed by atoms with E-state index in [0.29, 0.717) is 36.4 Å². The first-order chi connectivity index (χ1) is 24.6. The highest BCUT2D eigenvalue weighted by atomic mass is 16.8. The van der Waals surface area contributed by atoms with Gasteiger partial charge in [-0.3, -0.25) is 0 Å². The molecule has 2 aliphatic rings. The third-order valence-electron chi connectivity index (χ3n) is 8.61. The Morgan fingerprint density at radius 1 is 1.08 bits per heavy atom. The molecule has 0 saturated carbocycles. The molecular formula is C39H49N3O9. The average molecular weight is 704 g/mol. The van der Waals surface area contributed by atoms with Gasteiger partial charge in [-0.1, -0.05) is 43.4 Å². The third kappa shape index (κ3) is 10.8. The summed E-state index contributed by atoms with van der Waals surface area (Å²) in [6.07, 6.45) is 10.7. The fourth-order valence-corrected chi connectivity index (χ4v) is 5.83. The molecule has 1 saturated heterocycles. The van der Waals surface area contributed by atoms with Gasteiger partial charge in [0, 0.05) is 31.5 Å². The number of aromatic nitrogens is 2. The van der Waals surface area contributed by atoms with Crippen molar-refractivity contribution < 1.29 is 42.7 Å². The molecule has 3 heterocycles. The molecule has 1 aromatic heterocycles. The molecule has 1 fully saturated rings. The highest BCUT2D eigenvalue weighted by Crippen LogP contribution is 2.36. The van der Waals surface area contributed by atoms with E-state index in [-0.39, 0.29) is 24.0 Å². The number of imidazole rings is 1. The molecule has 2 aliphatic heterocycles. The van der Waals surface area contributed by atoms with Crippen molar-refractivity contribution in [1.29, 1.82) is 0 Å². The first-order valence-electron chi connectivity index (χ1n) is 17.4. The average Bonchev–Trinajstić information content (AvgIpc) is 3.75. The number of rotatable bonds is 13. The van der Waals surface area contributed by atoms with Gasteiger partial charge in [-0.2, -0.15) is 0 Å². The first kappa shape index (κ1) is 37.8. The minimum Gasteiger partial charge on any atom is -0.493 e. The van der Waals surface area contributed by atoms with Crippen LogP contribution in [-0.2, 0) is 30.2 Å². The van der Waals surface area contributed by atoms with E-state index >= 15 is 0 Å². The number of aromatic amines is 1. The van der Waals surface area contributed by atoms with E-state index < -0.39 is 42.1 Å². The first-order valence-corrected chi connectivity index (χ1v) is 17.4. The number of nitrogens with one attached hydrogen (secondary N) is 2. The fourth-order valence-electron chi connectivity index (χ4n) is 5.83. The molecule has 5 rings (SSSR count). The van der Waals surface area contributed by atoms with E-state index in [1.807, 2.05) is 52.0 Å². The Labute approximate surface area is 299 Å². The van der Waals surface area contributed by atoms with Crippen LogP contribution >= 0.6 is 0 Å². The number of hydrogen-bond donors (Lipinski definition) is 2. The van der Waals surface area contributed by atoms with E-state index in [0.717, 1.165) is 25.2 Å². The molecule has 12 nitrogen and oxygen atoms in total. The van der Waals surface area contributed by atoms with Gasteiger partial charge in [-0.15, -0.1) is 0 Å². The molecule has 51 heavy (non-hydrogen) atoms. The van der Waals surface area contributed by atoms with Crippen molar-refractivity contribution in [1.82, 2.24) is 15.3 Å². The summed E-state index contributed by atoms with van der Waals surface area (Å²) in [7, 11) is 1.51. The molecule has 3 aromatic rings. The van der Waals surface area contributed by atoms with Crippen molar-refractivity contribution >= 4 is 18.0 Å². The van der Waals surface area contributed by atoms with Crippen molar-refractivity contribution in [2.24, 2.45) is 5.92 Å². The van der Waals surface area contributed by atoms with Crippen LogP contribution in [0.25, 0.3) is 6.08 Å². The number of esters is 2. The molecule has 12 heteroatoms. The molecule has 2 N–H and O–H groups in total. The Kier molecular flexibility index (Phi) is 13.4. The zero-order chi connectivity index (χ0) is 36.2. The van der Waals surface area contributed by atoms with Gasteiger partial charge in [0.2, 0.25) is 0 Å². The van der Waals surface area contributed by atoms with Gasteiger partial charge in [0.15, 0.2) is 12.6 Å². The number of H-pyrrole nitrogens is 1. The molecule has 0 spiro atoms. The Balaban J connectivity index is 1.38. The lowest BCUT2D eigenvalue weighted by Gasteiger charge is -2.25. The second-order valence-corrected chi connectivity index (χ2v) is 13.1. The smallest absolute Gasteiger partial charge is 0.342 e. The van der Waals surface area contributed by atoms with Gasteiger partial charge in [-0.05, 0) is 76.4 Å². The van der Waals surface area contributed by atoms with E-state index in [1.54, 1.807) is 54.9 Å². The summed E-state index contributed by atoms with van der Waals surface area (Å²) >= 11 is 0. The maximum absolute atomic E-state index is 13.8. The third-order valence-corrected chi connectivity index (χ3v) is 8.61. The molecular weight excluding hydrogens is 654 g/mol. The second-order valence-electron chi connectivity index (χ2n) is 13.1. The highest BCUT2D eigenvalue weighted by molar-refractivity contribution is 5.97. The summed E-state index contributed by atoms with van der Waals surface area (Å²) in [6, 6.07) is 12.3. The van der Waals surface area contributed by atoms with Crippen molar-refractivity contribution in [2.45, 2.75) is 83.7 Å². The standard InChI is InChI=1S/C39H49N3O9/c1-26-16-17-31(49-37(43)28-12-7-6-8-13-28)36-32(50-39(3,4)51-36)15-11-14-29-22-30(46-21-10-9-18-40-24-34-41-19-20-42-34)23-33(47-25-45-5)35(29)38(44)48-27(26)2/h6-8,11-14,16-17,19-20,22-23,26-27,31-32,36,40H,9-10,15,18,21,24-25H2,1-5H3,(H,41,42)/b14-11?,17-16-/t26-,27+,31?,32+,36-/m1/s1. The molecule has 1 unspecified atom stereocenters. The summed E-state index contributed by atoms with van der Waals surface area (Å²) < 4.78 is 42.0. The second kappa shape index (κ2) is 18.1. The number of cyclic esters (lactones) is 1. The maximum atomic E-state index is 13.8. The van der Waals surface area contributed by atoms with Crippen LogP contribution in [0.1, 0.15) is 79.1 Å². The van der Waals surface area contributed by atoms with Crippen LogP contribution < -0.4 is 14.8 Å². The number of carbonyl (C=O) groups is 2. The fraction of sp³-hybridized carbons (Fsp3) is 0.462. The predicted molar refractivity (Wildman–Crippen MR) is 190 cm³/mol. The molecule has 0 bridgehead atoms. The lowest BCUT2D eigenvalue weighted by atomic mass is 9.98. The summed E-state index contributed by atoms with van der Waals surface area (Å²) in [6.45, 7) is 9.29. The molecule has 0 aliphatic carbocycles. The van der Waals surface area contributed by atoms with Gasteiger partial charge in [0.05, 0.1) is 24.8 Å². The minimum atomic E-state index is -0.922. The topological polar surface area (TPSA) is 139 Å². The lowest BCUT2D eigenvalue weighted by molar-refractivity contribution is -0.152. The van der Waals surface area contributed by atoms with Gasteiger partial charge >= 0.3 is 11.9 Å². The summed E-state index contributed by atoms with van der Waals surface area (Å²) in [4.78, 5) is 34.3. The SMILES string of the molecule is COCOc1cc(OCCCCNCc2ncc[nH]2)cc2c1C(=O)O[C@@H](C)[C@H](C)/C=C\C(OC(=O)c1ccccc1)[C@H]1OC(C)(C)O[C@H]1CC=C2. The van der Waals surface area contributed by atoms with E-state index in [9.17, 15) is 9.59 Å². The summed E-state index contributed by atoms with van der Waals surface area (Å²) in [5.41, 5.74) is 1.24. The van der Waals surface area contributed by atoms with E-state index in [1.165, 1.54) is 7.11 Å². The quantitative estimate of drug-likeness (QED) is 0.0905. The van der Waals surface area contributed by atoms with Crippen molar-refractivity contribution in [3.8, 4) is 11.5 Å². The van der Waals surface area contributed by atoms with Crippen LogP contribution in [0.2, 0.25) is 0 Å². The Hall–Kier alpha value is -4.49. The van der Waals surface area contributed by atoms with E-state index in [4.69, 9.17) is 33.2 Å². The van der Waals surface area contributed by atoms with E-state index in [2.05, 4.69) is 15.3 Å². The Morgan fingerprint density at radius 3 is 2.67 bits per heavy atom. The number of nitrogens with zero attached hydrogens (tertiary/aromatic N) is 1. The zero-order valence-electron chi connectivity index (χ0n) is 30.0. The van der Waals surface area contributed by atoms with Gasteiger partial charge in [0.25, 0.3) is 0 Å². The van der Waals surface area contributed by atoms with Crippen LogP contribution in [-0.4, -0.2) is 79.2 Å². The van der Waals surface area contributed by atoms with Crippen LogP contribution in [0.3, 0.4) is 0 Å². The highest BCUT2D eigenvalue weighted by Gasteiger charge is 2.45. The number of methoxy groups -OCH3 is 1. The van der Waals surface area contributed by atoms with Crippen LogP contribution in [0.4, 0.5) is 0 Å². The number of benzene rings is 2. The van der Waals surface area contributed by atoms with Crippen molar-refractivity contribution in [2.75, 3.05) is 27.1 Å². The lowest BCUT2D eigenvalue weighted by Crippen LogP contribution is -2.37. The van der Waals surface area contributed by atoms with Crippen LogP contribution in [0.5, 0.6) is 11.5 Å². The van der Waals surface area contributed by atoms with Gasteiger partial charge < -0.3 is 43.5 Å². The zero-order valence-corrected chi connectivity index (χ0v) is 30.0. The molecule has 274 valence electrons. The predicted octanol–water partition coefficient (Wildman–Crippen LogP) is 6.24. The normalized spacial score (nSPS) is 23.7. The van der Waals surface area contributed by atoms with Gasteiger partial charge in [-0.25, -0.2) is 14.6 Å². The minimum absolute atomic E-state index is 0.0734. The van der Waals surface area contributed by atoms with Crippen molar-refractivity contribution in [3.05, 3.63) is 95.6 Å². The molecule has 5 atom stereocenters. The maximum Gasteiger partial charge on any atom is 0.342 e. The Morgan fingerprint density at radius 2 is 1.90 bits per heavy atom. The number of fused-ring (bicyclic) bond motifs is 2. The summed E-state index contributed by atoms with van der Waals surface area (Å²) in [5, 5.41) is 3.36. The largest absolute Gasteiger partial charge is 0.493 e. The molecule has 0 amide bonds. The molecule has 0 radical (unpaired) electrons. The van der Waals surface area contributed by atoms with Crippen molar-refractivity contribution in [3.63, 3.8) is 0 Å². The molecule has 2 aromatic carbocycles.